The van der Waals surface area contributed by atoms with Crippen molar-refractivity contribution in [2.45, 2.75) is 160 Å². The summed E-state index contributed by atoms with van der Waals surface area (Å²) in [6, 6.07) is 57.1. The molecule has 30 nitrogen and oxygen atoms in total. The first-order valence-electron chi connectivity index (χ1n) is 51.6. The summed E-state index contributed by atoms with van der Waals surface area (Å²) in [4.78, 5) is 31.7. The molecule has 1 saturated carbocycles. The minimum absolute atomic E-state index is 0.124. The average Bonchev–Trinajstić information content (AvgIpc) is 1.68. The van der Waals surface area contributed by atoms with E-state index in [1.165, 1.54) is 73.8 Å². The minimum atomic E-state index is -3.12. The predicted octanol–water partition coefficient (Wildman–Crippen LogP) is 19.8. The number of thiophene rings is 1. The van der Waals surface area contributed by atoms with E-state index < -0.39 is 50.1 Å². The summed E-state index contributed by atoms with van der Waals surface area (Å²) >= 11 is 4.80. The Morgan fingerprint density at radius 2 is 0.607 bits per heavy atom. The Labute approximate surface area is 896 Å². The first kappa shape index (κ1) is 110. The normalized spacial score (nSPS) is 16.8. The number of piperidine rings is 5. The van der Waals surface area contributed by atoms with Crippen molar-refractivity contribution in [1.29, 1.82) is 0 Å². The standard InChI is InChI=1S/C25H32N4O2S.C24H30N4O2S.C23H30N4O2S2.C21H24N4O2S2.C19H22N4O2S2/c1-4-32(30,31)29-12-9-23(10-13-29)27-25-16-22(15-21-8-11-26-17-24(21)25)20-7-5-6-19(14-20)18-28(2)3;1-27(2)17-18-5-4-6-19(13-18)21-14-20-7-10-25-16-23(20)24(15-21)26-22-8-11-28(12-9-22)31(3,29)30;1-4-31(28,29)27-9-6-20(7-10-27)25-23-13-18(11-17-5-8-24-14-22(17)23)19-12-21(30-16-19)15-26(2)3;1-14-10-21(28-24-14)16-11-15-4-7-22-13-19(15)20(12-16)23-17-5-8-25(9-6-17)29(26,27)18-2-3-18;1-13-9-19(26-22-13)15-10-14-3-6-20-12-17(14)18(11-15)21-16-4-7-23(8-5-16)27(2,24)25/h5-8,11,14-17,23,27H,4,9-10,12-13,18H2,1-3H3;4-7,10,13-16,22,26H,8-9,11-12,17H2,1-3H3;5,8,11-14,16,20,25H,4,6-7,9-10,15H2,1-3H3;4,7,10-13,17-18,23H,2-3,5-6,8-9H2,1H3;3,6,9-12,16,21H,4-5,7-8H2,1-2H3. The molecule has 5 aliphatic heterocycles. The van der Waals surface area contributed by atoms with Crippen LogP contribution in [0.2, 0.25) is 0 Å². The van der Waals surface area contributed by atoms with E-state index in [9.17, 15) is 42.1 Å². The maximum atomic E-state index is 12.5. The fourth-order valence-electron chi connectivity index (χ4n) is 20.2. The molecule has 8 aromatic heterocycles. The SMILES string of the molecule is CCS(=O)(=O)N1CCC(Nc2cc(-c3cccc(CN(C)C)c3)cc3ccncc23)CC1.CCS(=O)(=O)N1CCC(Nc2cc(-c3csc(CN(C)C)c3)cc3ccncc23)CC1.CN(C)Cc1cccc(-c2cc(NC3CCN(S(C)(=O)=O)CC3)c3cnccc3c2)c1.Cc1cc(-c2cc(NC3CCN(S(=O)(=O)C4CC4)CC3)c3cnccc3c2)sn1.Cc1cc(-c2cc(NC3CCN(S(C)(=O)=O)CC3)c3cnccc3c2)sn1. The van der Waals surface area contributed by atoms with Crippen molar-refractivity contribution < 1.29 is 42.1 Å². The number of benzene rings is 7. The van der Waals surface area contributed by atoms with E-state index in [1.54, 1.807) is 52.9 Å². The van der Waals surface area contributed by atoms with E-state index in [-0.39, 0.29) is 47.0 Å². The van der Waals surface area contributed by atoms with Gasteiger partial charge in [-0.3, -0.25) is 24.9 Å². The third-order valence-corrected chi connectivity index (χ3v) is 40.0. The van der Waals surface area contributed by atoms with Crippen LogP contribution in [0.25, 0.3) is 108 Å². The minimum Gasteiger partial charge on any atom is -0.382 e. The molecule has 15 aromatic rings. The molecule has 794 valence electrons. The Morgan fingerprint density at radius 3 is 0.887 bits per heavy atom. The molecule has 38 heteroatoms. The number of anilines is 5. The summed E-state index contributed by atoms with van der Waals surface area (Å²) in [5, 5.41) is 31.6. The molecule has 0 atom stereocenters. The summed E-state index contributed by atoms with van der Waals surface area (Å²) in [7, 11) is -3.04. The van der Waals surface area contributed by atoms with Gasteiger partial charge in [-0.15, -0.1) is 11.3 Å². The zero-order chi connectivity index (χ0) is 106. The number of hydrogen-bond donors (Lipinski definition) is 5. The maximum absolute atomic E-state index is 12.5. The molecule has 5 saturated heterocycles. The second-order valence-electron chi connectivity index (χ2n) is 40.8. The number of sulfonamides is 5. The van der Waals surface area contributed by atoms with Gasteiger partial charge in [-0.25, -0.2) is 63.6 Å². The van der Waals surface area contributed by atoms with Gasteiger partial charge in [0.1, 0.15) is 0 Å². The van der Waals surface area contributed by atoms with Gasteiger partial charge in [0.15, 0.2) is 0 Å². The van der Waals surface area contributed by atoms with E-state index in [2.05, 4.69) is 250 Å². The van der Waals surface area contributed by atoms with Gasteiger partial charge in [0.25, 0.3) is 0 Å². The highest BCUT2D eigenvalue weighted by Crippen LogP contribution is 2.42. The zero-order valence-electron chi connectivity index (χ0n) is 87.5. The van der Waals surface area contributed by atoms with Gasteiger partial charge >= 0.3 is 0 Å². The number of hydrogen-bond acceptors (Lipinski definition) is 28. The topological polar surface area (TPSA) is 347 Å². The molecule has 7 aromatic carbocycles. The number of nitrogens with zero attached hydrogens (tertiary/aromatic N) is 15. The Balaban J connectivity index is 0.000000128. The highest BCUT2D eigenvalue weighted by atomic mass is 32.2. The van der Waals surface area contributed by atoms with Gasteiger partial charge in [0.05, 0.1) is 50.4 Å². The molecule has 0 unspecified atom stereocenters. The molecular formula is C112H138N20O10S8. The zero-order valence-corrected chi connectivity index (χ0v) is 94.0. The summed E-state index contributed by atoms with van der Waals surface area (Å²) in [5.41, 5.74) is 19.3. The van der Waals surface area contributed by atoms with Gasteiger partial charge in [-0.2, -0.15) is 8.75 Å². The Bertz CT molecular complexity index is 7850. The van der Waals surface area contributed by atoms with Crippen LogP contribution in [0.5, 0.6) is 0 Å². The molecule has 5 N–H and O–H groups in total. The quantitative estimate of drug-likeness (QED) is 0.0291. The Morgan fingerprint density at radius 1 is 0.320 bits per heavy atom. The molecular weight excluding hydrogens is 2040 g/mol. The molecule has 0 amide bonds. The fourth-order valence-corrected chi connectivity index (χ4v) is 28.6. The van der Waals surface area contributed by atoms with Crippen molar-refractivity contribution >= 4 is 167 Å². The Kier molecular flexibility index (Phi) is 35.9. The number of nitrogens with one attached hydrogen (secondary N) is 5. The highest BCUT2D eigenvalue weighted by Gasteiger charge is 2.42. The lowest BCUT2D eigenvalue weighted by Gasteiger charge is -2.32. The second kappa shape index (κ2) is 48.9. The van der Waals surface area contributed by atoms with Crippen molar-refractivity contribution in [3.8, 4) is 54.3 Å². The Hall–Kier alpha value is -11.0. The molecule has 6 aliphatic rings. The third kappa shape index (κ3) is 28.5. The van der Waals surface area contributed by atoms with Gasteiger partial charge in [-0.1, -0.05) is 36.4 Å². The summed E-state index contributed by atoms with van der Waals surface area (Å²) < 4.78 is 138. The van der Waals surface area contributed by atoms with Crippen molar-refractivity contribution in [3.63, 3.8) is 0 Å². The van der Waals surface area contributed by atoms with Gasteiger partial charge < -0.3 is 41.3 Å². The third-order valence-electron chi connectivity index (χ3n) is 28.4. The first-order valence-corrected chi connectivity index (χ1v) is 62.4. The molecule has 21 rings (SSSR count). The molecule has 6 fully saturated rings. The van der Waals surface area contributed by atoms with Crippen LogP contribution in [-0.2, 0) is 69.8 Å². The van der Waals surface area contributed by atoms with E-state index >= 15 is 0 Å². The maximum Gasteiger partial charge on any atom is 0.216 e. The molecule has 13 heterocycles. The monoisotopic (exact) mass is 2180 g/mol. The van der Waals surface area contributed by atoms with Crippen LogP contribution in [0.4, 0.5) is 28.4 Å². The molecule has 0 bridgehead atoms. The highest BCUT2D eigenvalue weighted by molar-refractivity contribution is 7.90. The molecule has 0 radical (unpaired) electrons. The van der Waals surface area contributed by atoms with E-state index in [4.69, 9.17) is 0 Å². The van der Waals surface area contributed by atoms with Gasteiger partial charge in [0.2, 0.25) is 50.1 Å². The summed E-state index contributed by atoms with van der Waals surface area (Å²) in [5.74, 6) is 0.330. The molecule has 150 heavy (non-hydrogen) atoms. The van der Waals surface area contributed by atoms with Crippen molar-refractivity contribution in [2.24, 2.45) is 0 Å². The van der Waals surface area contributed by atoms with Crippen LogP contribution in [0, 0.1) is 13.8 Å². The lowest BCUT2D eigenvalue weighted by Crippen LogP contribution is -2.43. The number of aromatic nitrogens is 7. The van der Waals surface area contributed by atoms with Crippen molar-refractivity contribution in [2.75, 3.05) is 158 Å². The number of rotatable bonds is 29. The average molecular weight is 2180 g/mol. The van der Waals surface area contributed by atoms with E-state index in [0.717, 1.165) is 222 Å². The van der Waals surface area contributed by atoms with Crippen LogP contribution in [0.15, 0.2) is 225 Å². The lowest BCUT2D eigenvalue weighted by atomic mass is 9.98. The van der Waals surface area contributed by atoms with E-state index in [1.807, 2.05) is 100.0 Å². The smallest absolute Gasteiger partial charge is 0.216 e. The molecule has 0 spiro atoms. The summed E-state index contributed by atoms with van der Waals surface area (Å²) in [6.07, 6.45) is 30.8. The predicted molar refractivity (Wildman–Crippen MR) is 618 cm³/mol. The van der Waals surface area contributed by atoms with Crippen LogP contribution in [0.1, 0.15) is 118 Å². The van der Waals surface area contributed by atoms with Gasteiger partial charge in [-0.05, 0) is 379 Å². The number of fused-ring (bicyclic) bond motifs is 5. The molecule has 1 aliphatic carbocycles. The van der Waals surface area contributed by atoms with Crippen molar-refractivity contribution in [3.05, 3.63) is 252 Å². The van der Waals surface area contributed by atoms with Crippen LogP contribution in [-0.4, -0.2) is 279 Å². The van der Waals surface area contributed by atoms with E-state index in [0.29, 0.717) is 65.4 Å². The second-order valence-corrected chi connectivity index (χ2v) is 54.1. The van der Waals surface area contributed by atoms with Crippen LogP contribution in [0.3, 0.4) is 0 Å². The first-order chi connectivity index (χ1) is 71.9. The van der Waals surface area contributed by atoms with Crippen molar-refractivity contribution in [1.82, 2.24) is 69.9 Å². The van der Waals surface area contributed by atoms with Crippen LogP contribution >= 0.6 is 34.4 Å². The lowest BCUT2D eigenvalue weighted by molar-refractivity contribution is 0.329. The summed E-state index contributed by atoms with van der Waals surface area (Å²) in [6.45, 7) is 15.8. The number of aryl methyl sites for hydroxylation is 2. The number of pyridine rings is 5. The van der Waals surface area contributed by atoms with Gasteiger partial charge in [0, 0.05) is 238 Å². The largest absolute Gasteiger partial charge is 0.382 e. The van der Waals surface area contributed by atoms with Crippen LogP contribution < -0.4 is 26.6 Å². The fraction of sp³-hybridized carbons (Fsp3) is 0.402.